The largest absolute Gasteiger partial charge is 0.339 e. The maximum absolute atomic E-state index is 12.8. The summed E-state index contributed by atoms with van der Waals surface area (Å²) in [5, 5.41) is 6.89. The number of anilines is 1. The van der Waals surface area contributed by atoms with Gasteiger partial charge in [0, 0.05) is 25.7 Å². The highest BCUT2D eigenvalue weighted by Crippen LogP contribution is 2.20. The topological polar surface area (TPSA) is 84.3 Å². The maximum Gasteiger partial charge on any atom is 0.276 e. The van der Waals surface area contributed by atoms with E-state index in [4.69, 9.17) is 0 Å². The Labute approximate surface area is 158 Å². The first-order valence-corrected chi connectivity index (χ1v) is 9.38. The molecule has 0 saturated carbocycles. The first-order valence-electron chi connectivity index (χ1n) is 9.38. The van der Waals surface area contributed by atoms with Crippen LogP contribution in [0.25, 0.3) is 0 Å². The summed E-state index contributed by atoms with van der Waals surface area (Å²) in [5.74, 6) is -0.520. The number of hydrogen-bond donors (Lipinski definition) is 1. The summed E-state index contributed by atoms with van der Waals surface area (Å²) in [5.41, 5.74) is 0.820. The molecule has 1 aliphatic rings. The minimum atomic E-state index is -0.446. The number of piperidine rings is 1. The van der Waals surface area contributed by atoms with Gasteiger partial charge in [-0.2, -0.15) is 5.10 Å². The number of carbonyl (C=O) groups excluding carboxylic acids is 2. The van der Waals surface area contributed by atoms with Crippen molar-refractivity contribution in [1.29, 1.82) is 0 Å². The van der Waals surface area contributed by atoms with E-state index in [-0.39, 0.29) is 17.2 Å². The lowest BCUT2D eigenvalue weighted by atomic mass is 10.1. The molecule has 1 aromatic carbocycles. The van der Waals surface area contributed by atoms with Crippen LogP contribution in [0, 0.1) is 0 Å². The molecule has 1 aliphatic heterocycles. The van der Waals surface area contributed by atoms with Crippen LogP contribution >= 0.6 is 0 Å². The van der Waals surface area contributed by atoms with E-state index < -0.39 is 5.91 Å². The molecule has 2 amide bonds. The number of nitrogens with one attached hydrogen (secondary N) is 1. The molecule has 3 rings (SSSR count). The number of aromatic nitrogens is 2. The van der Waals surface area contributed by atoms with Crippen molar-refractivity contribution in [2.45, 2.75) is 39.2 Å². The van der Waals surface area contributed by atoms with E-state index in [0.29, 0.717) is 17.8 Å². The van der Waals surface area contributed by atoms with E-state index in [1.165, 1.54) is 16.8 Å². The van der Waals surface area contributed by atoms with Crippen molar-refractivity contribution < 1.29 is 9.59 Å². The zero-order valence-electron chi connectivity index (χ0n) is 15.5. The van der Waals surface area contributed by atoms with Crippen LogP contribution in [0.5, 0.6) is 0 Å². The molecule has 0 bridgehead atoms. The second-order valence-corrected chi connectivity index (χ2v) is 6.63. The van der Waals surface area contributed by atoms with Crippen molar-refractivity contribution in [2.24, 2.45) is 0 Å². The van der Waals surface area contributed by atoms with Crippen LogP contribution < -0.4 is 10.9 Å². The van der Waals surface area contributed by atoms with E-state index in [2.05, 4.69) is 10.4 Å². The third-order valence-electron chi connectivity index (χ3n) is 4.58. The number of amides is 2. The van der Waals surface area contributed by atoms with Gasteiger partial charge in [0.15, 0.2) is 0 Å². The van der Waals surface area contributed by atoms with Crippen molar-refractivity contribution >= 4 is 17.5 Å². The average Bonchev–Trinajstić information content (AvgIpc) is 2.70. The molecular weight excluding hydrogens is 344 g/mol. The first kappa shape index (κ1) is 18.8. The standard InChI is InChI=1S/C20H24N4O3/c1-2-12-24-18(25)11-10-17(22-24)19(26)21-16-9-5-4-8-15(16)20(27)23-13-6-3-7-14-23/h4-5,8-11H,2-3,6-7,12-14H2,1H3,(H,21,26). The quantitative estimate of drug-likeness (QED) is 0.879. The number of aryl methyl sites for hydroxylation is 1. The summed E-state index contributed by atoms with van der Waals surface area (Å²) in [7, 11) is 0. The molecule has 1 aromatic heterocycles. The van der Waals surface area contributed by atoms with Crippen molar-refractivity contribution in [3.63, 3.8) is 0 Å². The van der Waals surface area contributed by atoms with Crippen molar-refractivity contribution in [1.82, 2.24) is 14.7 Å². The molecule has 7 nitrogen and oxygen atoms in total. The second-order valence-electron chi connectivity index (χ2n) is 6.63. The SMILES string of the molecule is CCCn1nc(C(=O)Nc2ccccc2C(=O)N2CCCCC2)ccc1=O. The zero-order valence-corrected chi connectivity index (χ0v) is 15.5. The number of nitrogens with zero attached hydrogens (tertiary/aromatic N) is 3. The monoisotopic (exact) mass is 368 g/mol. The van der Waals surface area contributed by atoms with Gasteiger partial charge in [0.25, 0.3) is 17.4 Å². The summed E-state index contributed by atoms with van der Waals surface area (Å²) in [4.78, 5) is 39.1. The average molecular weight is 368 g/mol. The van der Waals surface area contributed by atoms with E-state index in [0.717, 1.165) is 38.8 Å². The van der Waals surface area contributed by atoms with Gasteiger partial charge in [-0.1, -0.05) is 19.1 Å². The van der Waals surface area contributed by atoms with Crippen molar-refractivity contribution in [3.05, 3.63) is 58.0 Å². The van der Waals surface area contributed by atoms with E-state index in [9.17, 15) is 14.4 Å². The molecule has 0 atom stereocenters. The van der Waals surface area contributed by atoms with Crippen LogP contribution in [-0.4, -0.2) is 39.6 Å². The van der Waals surface area contributed by atoms with Gasteiger partial charge in [-0.3, -0.25) is 14.4 Å². The summed E-state index contributed by atoms with van der Waals surface area (Å²) < 4.78 is 1.28. The fourth-order valence-corrected chi connectivity index (χ4v) is 3.17. The maximum atomic E-state index is 12.8. The Morgan fingerprint density at radius 3 is 2.56 bits per heavy atom. The Hall–Kier alpha value is -2.96. The molecule has 142 valence electrons. The lowest BCUT2D eigenvalue weighted by Crippen LogP contribution is -2.36. The second kappa shape index (κ2) is 8.62. The number of hydrogen-bond acceptors (Lipinski definition) is 4. The van der Waals surface area contributed by atoms with Crippen LogP contribution in [0.3, 0.4) is 0 Å². The molecule has 1 fully saturated rings. The zero-order chi connectivity index (χ0) is 19.2. The predicted molar refractivity (Wildman–Crippen MR) is 103 cm³/mol. The molecule has 0 unspecified atom stereocenters. The van der Waals surface area contributed by atoms with Gasteiger partial charge in [-0.25, -0.2) is 4.68 Å². The highest BCUT2D eigenvalue weighted by molar-refractivity contribution is 6.08. The Balaban J connectivity index is 1.81. The highest BCUT2D eigenvalue weighted by Gasteiger charge is 2.21. The minimum absolute atomic E-state index is 0.0745. The Bertz CT molecular complexity index is 885. The lowest BCUT2D eigenvalue weighted by molar-refractivity contribution is 0.0725. The molecule has 1 N–H and O–H groups in total. The van der Waals surface area contributed by atoms with Gasteiger partial charge in [0.2, 0.25) is 0 Å². The number of likely N-dealkylation sites (tertiary alicyclic amines) is 1. The fourth-order valence-electron chi connectivity index (χ4n) is 3.17. The van der Waals surface area contributed by atoms with Crippen LogP contribution in [0.1, 0.15) is 53.5 Å². The molecule has 2 heterocycles. The van der Waals surface area contributed by atoms with Gasteiger partial charge in [-0.15, -0.1) is 0 Å². The summed E-state index contributed by atoms with van der Waals surface area (Å²) >= 11 is 0. The number of carbonyl (C=O) groups is 2. The summed E-state index contributed by atoms with van der Waals surface area (Å²) in [6.45, 7) is 3.86. The Morgan fingerprint density at radius 2 is 1.81 bits per heavy atom. The molecule has 1 saturated heterocycles. The predicted octanol–water partition coefficient (Wildman–Crippen LogP) is 2.53. The van der Waals surface area contributed by atoms with Crippen LogP contribution in [0.15, 0.2) is 41.2 Å². The normalized spacial score (nSPS) is 14.0. The number of para-hydroxylation sites is 1. The molecule has 7 heteroatoms. The molecule has 0 radical (unpaired) electrons. The van der Waals surface area contributed by atoms with E-state index in [1.54, 1.807) is 24.3 Å². The third-order valence-corrected chi connectivity index (χ3v) is 4.58. The third kappa shape index (κ3) is 4.42. The summed E-state index contributed by atoms with van der Waals surface area (Å²) in [6, 6.07) is 9.72. The highest BCUT2D eigenvalue weighted by atomic mass is 16.2. The Morgan fingerprint density at radius 1 is 1.07 bits per heavy atom. The van der Waals surface area contributed by atoms with Crippen LogP contribution in [-0.2, 0) is 6.54 Å². The minimum Gasteiger partial charge on any atom is -0.339 e. The van der Waals surface area contributed by atoms with E-state index in [1.807, 2.05) is 11.8 Å². The molecule has 0 aliphatic carbocycles. The molecule has 2 aromatic rings. The fraction of sp³-hybridized carbons (Fsp3) is 0.400. The van der Waals surface area contributed by atoms with Crippen molar-refractivity contribution in [2.75, 3.05) is 18.4 Å². The lowest BCUT2D eigenvalue weighted by Gasteiger charge is -2.27. The first-order chi connectivity index (χ1) is 13.1. The number of rotatable bonds is 5. The van der Waals surface area contributed by atoms with Gasteiger partial charge < -0.3 is 10.2 Å². The van der Waals surface area contributed by atoms with Gasteiger partial charge in [0.1, 0.15) is 5.69 Å². The Kier molecular flexibility index (Phi) is 6.01. The van der Waals surface area contributed by atoms with E-state index >= 15 is 0 Å². The van der Waals surface area contributed by atoms with Gasteiger partial charge in [-0.05, 0) is 43.9 Å². The smallest absolute Gasteiger partial charge is 0.276 e. The number of benzene rings is 1. The van der Waals surface area contributed by atoms with Gasteiger partial charge in [0.05, 0.1) is 11.3 Å². The molecule has 0 spiro atoms. The van der Waals surface area contributed by atoms with Gasteiger partial charge >= 0.3 is 0 Å². The van der Waals surface area contributed by atoms with Crippen molar-refractivity contribution in [3.8, 4) is 0 Å². The molecular formula is C20H24N4O3. The summed E-state index contributed by atoms with van der Waals surface area (Å²) in [6.07, 6.45) is 3.89. The van der Waals surface area contributed by atoms with Crippen LogP contribution in [0.2, 0.25) is 0 Å². The van der Waals surface area contributed by atoms with Crippen LogP contribution in [0.4, 0.5) is 5.69 Å². The molecule has 27 heavy (non-hydrogen) atoms.